The van der Waals surface area contributed by atoms with Crippen LogP contribution in [0.15, 0.2) is 12.4 Å². The van der Waals surface area contributed by atoms with Crippen molar-refractivity contribution in [3.63, 3.8) is 0 Å². The summed E-state index contributed by atoms with van der Waals surface area (Å²) >= 11 is 0. The number of aromatic nitrogens is 2. The van der Waals surface area contributed by atoms with E-state index in [1.165, 1.54) is 0 Å². The van der Waals surface area contributed by atoms with E-state index in [1.54, 1.807) is 12.4 Å². The smallest absolute Gasteiger partial charge is 0.254 e. The van der Waals surface area contributed by atoms with Gasteiger partial charge in [0.1, 0.15) is 0 Å². The number of nitrogens with one attached hydrogen (secondary N) is 2. The molecule has 5 nitrogen and oxygen atoms in total. The first-order valence-corrected chi connectivity index (χ1v) is 6.51. The summed E-state index contributed by atoms with van der Waals surface area (Å²) in [6.45, 7) is 8.78. The summed E-state index contributed by atoms with van der Waals surface area (Å²) in [7, 11) is 0. The Morgan fingerprint density at radius 2 is 2.11 bits per heavy atom. The van der Waals surface area contributed by atoms with Gasteiger partial charge in [0.2, 0.25) is 0 Å². The lowest BCUT2D eigenvalue weighted by atomic mass is 9.98. The Bertz CT molecular complexity index is 386. The van der Waals surface area contributed by atoms with Gasteiger partial charge >= 0.3 is 0 Å². The van der Waals surface area contributed by atoms with Gasteiger partial charge in [-0.3, -0.25) is 14.8 Å². The van der Waals surface area contributed by atoms with Crippen LogP contribution in [0, 0.1) is 0 Å². The molecule has 0 atom stereocenters. The summed E-state index contributed by atoms with van der Waals surface area (Å²) in [5, 5.41) is 9.51. The van der Waals surface area contributed by atoms with Gasteiger partial charge in [-0.2, -0.15) is 5.10 Å². The van der Waals surface area contributed by atoms with Crippen molar-refractivity contribution >= 4 is 5.91 Å². The third-order valence-electron chi connectivity index (χ3n) is 3.54. The van der Waals surface area contributed by atoms with Crippen molar-refractivity contribution < 1.29 is 4.79 Å². The lowest BCUT2D eigenvalue weighted by Gasteiger charge is -2.41. The average molecular weight is 250 g/mol. The van der Waals surface area contributed by atoms with Crippen LogP contribution < -0.4 is 5.32 Å². The third kappa shape index (κ3) is 3.10. The molecular weight excluding hydrogens is 228 g/mol. The Labute approximate surface area is 108 Å². The van der Waals surface area contributed by atoms with Gasteiger partial charge < -0.3 is 5.32 Å². The largest absolute Gasteiger partial charge is 0.349 e. The van der Waals surface area contributed by atoms with Gasteiger partial charge in [0.15, 0.2) is 0 Å². The molecule has 0 aromatic carbocycles. The van der Waals surface area contributed by atoms with Crippen molar-refractivity contribution in [1.82, 2.24) is 20.4 Å². The Hall–Kier alpha value is -1.36. The quantitative estimate of drug-likeness (QED) is 0.834. The highest BCUT2D eigenvalue weighted by atomic mass is 16.1. The monoisotopic (exact) mass is 250 g/mol. The van der Waals surface area contributed by atoms with Gasteiger partial charge in [0, 0.05) is 30.9 Å². The summed E-state index contributed by atoms with van der Waals surface area (Å²) in [5.74, 6) is -0.0297. The maximum atomic E-state index is 11.9. The highest BCUT2D eigenvalue weighted by Crippen LogP contribution is 2.20. The molecule has 1 aliphatic heterocycles. The van der Waals surface area contributed by atoms with Gasteiger partial charge in [-0.05, 0) is 33.6 Å². The molecule has 1 aromatic heterocycles. The second-order valence-electron chi connectivity index (χ2n) is 5.89. The van der Waals surface area contributed by atoms with Gasteiger partial charge in [0.05, 0.1) is 11.8 Å². The van der Waals surface area contributed by atoms with Crippen LogP contribution in [0.4, 0.5) is 0 Å². The zero-order valence-electron chi connectivity index (χ0n) is 11.4. The molecule has 0 saturated carbocycles. The maximum absolute atomic E-state index is 11.9. The Balaban J connectivity index is 1.82. The molecule has 0 radical (unpaired) electrons. The molecule has 1 aromatic rings. The number of aromatic amines is 1. The zero-order valence-corrected chi connectivity index (χ0v) is 11.4. The van der Waals surface area contributed by atoms with Gasteiger partial charge in [-0.25, -0.2) is 0 Å². The summed E-state index contributed by atoms with van der Waals surface area (Å²) in [5.41, 5.74) is 0.827. The molecule has 1 aliphatic rings. The Morgan fingerprint density at radius 3 is 2.61 bits per heavy atom. The fraction of sp³-hybridized carbons (Fsp3) is 0.692. The number of hydrogen-bond donors (Lipinski definition) is 2. The lowest BCUT2D eigenvalue weighted by Crippen LogP contribution is -2.50. The molecule has 1 saturated heterocycles. The standard InChI is InChI=1S/C13H22N4O/c1-13(2,3)17-6-4-11(5-7-17)16-12(18)10-8-14-15-9-10/h8-9,11H,4-7H2,1-3H3,(H,14,15)(H,16,18). The van der Waals surface area contributed by atoms with Crippen LogP contribution in [-0.4, -0.2) is 45.7 Å². The van der Waals surface area contributed by atoms with E-state index in [4.69, 9.17) is 0 Å². The highest BCUT2D eigenvalue weighted by molar-refractivity contribution is 5.93. The first-order chi connectivity index (χ1) is 8.47. The van der Waals surface area contributed by atoms with Crippen molar-refractivity contribution in [2.45, 2.75) is 45.2 Å². The lowest BCUT2D eigenvalue weighted by molar-refractivity contribution is 0.0812. The summed E-state index contributed by atoms with van der Waals surface area (Å²) < 4.78 is 0. The van der Waals surface area contributed by atoms with Crippen LogP contribution >= 0.6 is 0 Å². The van der Waals surface area contributed by atoms with Crippen molar-refractivity contribution in [1.29, 1.82) is 0 Å². The van der Waals surface area contributed by atoms with E-state index in [0.29, 0.717) is 5.56 Å². The van der Waals surface area contributed by atoms with E-state index in [-0.39, 0.29) is 17.5 Å². The first-order valence-electron chi connectivity index (χ1n) is 6.51. The minimum absolute atomic E-state index is 0.0297. The maximum Gasteiger partial charge on any atom is 0.254 e. The zero-order chi connectivity index (χ0) is 13.2. The fourth-order valence-corrected chi connectivity index (χ4v) is 2.34. The Kier molecular flexibility index (Phi) is 3.71. The number of hydrogen-bond acceptors (Lipinski definition) is 3. The molecule has 100 valence electrons. The van der Waals surface area contributed by atoms with E-state index >= 15 is 0 Å². The van der Waals surface area contributed by atoms with Gasteiger partial charge in [-0.15, -0.1) is 0 Å². The minimum Gasteiger partial charge on any atom is -0.349 e. The first kappa shape index (κ1) is 13.1. The predicted molar refractivity (Wildman–Crippen MR) is 70.4 cm³/mol. The van der Waals surface area contributed by atoms with Crippen LogP contribution in [0.1, 0.15) is 44.0 Å². The molecule has 0 aliphatic carbocycles. The summed E-state index contributed by atoms with van der Waals surface area (Å²) in [4.78, 5) is 14.3. The number of carbonyl (C=O) groups is 1. The Morgan fingerprint density at radius 1 is 1.44 bits per heavy atom. The molecule has 2 heterocycles. The van der Waals surface area contributed by atoms with Crippen LogP contribution in [0.25, 0.3) is 0 Å². The summed E-state index contributed by atoms with van der Waals surface area (Å²) in [6, 6.07) is 0.283. The SMILES string of the molecule is CC(C)(C)N1CCC(NC(=O)c2cn[nH]c2)CC1. The highest BCUT2D eigenvalue weighted by Gasteiger charge is 2.27. The number of likely N-dealkylation sites (tertiary alicyclic amines) is 1. The normalized spacial score (nSPS) is 18.8. The van der Waals surface area contributed by atoms with Crippen LogP contribution in [0.2, 0.25) is 0 Å². The molecule has 0 spiro atoms. The van der Waals surface area contributed by atoms with E-state index in [1.807, 2.05) is 0 Å². The molecule has 0 bridgehead atoms. The second-order valence-corrected chi connectivity index (χ2v) is 5.89. The molecule has 2 N–H and O–H groups in total. The van der Waals surface area contributed by atoms with E-state index in [2.05, 4.69) is 41.2 Å². The number of H-pyrrole nitrogens is 1. The van der Waals surface area contributed by atoms with E-state index in [0.717, 1.165) is 25.9 Å². The van der Waals surface area contributed by atoms with Crippen molar-refractivity contribution in [2.24, 2.45) is 0 Å². The van der Waals surface area contributed by atoms with Gasteiger partial charge in [-0.1, -0.05) is 0 Å². The molecule has 5 heteroatoms. The minimum atomic E-state index is -0.0297. The van der Waals surface area contributed by atoms with Crippen molar-refractivity contribution in [3.8, 4) is 0 Å². The van der Waals surface area contributed by atoms with Crippen molar-refractivity contribution in [2.75, 3.05) is 13.1 Å². The summed E-state index contributed by atoms with van der Waals surface area (Å²) in [6.07, 6.45) is 5.21. The number of nitrogens with zero attached hydrogens (tertiary/aromatic N) is 2. The van der Waals surface area contributed by atoms with Gasteiger partial charge in [0.25, 0.3) is 5.91 Å². The predicted octanol–water partition coefficient (Wildman–Crippen LogP) is 1.40. The number of amides is 1. The number of carbonyl (C=O) groups excluding carboxylic acids is 1. The van der Waals surface area contributed by atoms with Crippen molar-refractivity contribution in [3.05, 3.63) is 18.0 Å². The molecule has 2 rings (SSSR count). The molecule has 18 heavy (non-hydrogen) atoms. The topological polar surface area (TPSA) is 61.0 Å². The number of rotatable bonds is 2. The van der Waals surface area contributed by atoms with Crippen LogP contribution in [0.3, 0.4) is 0 Å². The van der Waals surface area contributed by atoms with E-state index in [9.17, 15) is 4.79 Å². The molecule has 1 fully saturated rings. The average Bonchev–Trinajstić information content (AvgIpc) is 2.82. The fourth-order valence-electron chi connectivity index (χ4n) is 2.34. The number of piperidine rings is 1. The second kappa shape index (κ2) is 5.10. The molecule has 1 amide bonds. The van der Waals surface area contributed by atoms with E-state index < -0.39 is 0 Å². The molecule has 0 unspecified atom stereocenters. The molecular formula is C13H22N4O. The van der Waals surface area contributed by atoms with Crippen LogP contribution in [0.5, 0.6) is 0 Å². The third-order valence-corrected chi connectivity index (χ3v) is 3.54. The van der Waals surface area contributed by atoms with Crippen LogP contribution in [-0.2, 0) is 0 Å².